The summed E-state index contributed by atoms with van der Waals surface area (Å²) in [5.74, 6) is 0.477. The second-order valence-electron chi connectivity index (χ2n) is 5.29. The fourth-order valence-corrected chi connectivity index (χ4v) is 3.21. The van der Waals surface area contributed by atoms with Crippen molar-refractivity contribution in [2.75, 3.05) is 6.54 Å². The van der Waals surface area contributed by atoms with Gasteiger partial charge >= 0.3 is 0 Å². The molecule has 2 rings (SSSR count). The first-order chi connectivity index (χ1) is 9.65. The Morgan fingerprint density at radius 1 is 1.35 bits per heavy atom. The Labute approximate surface area is 125 Å². The third-order valence-corrected chi connectivity index (χ3v) is 4.15. The maximum atomic E-state index is 4.78. The van der Waals surface area contributed by atoms with Crippen LogP contribution >= 0.6 is 11.3 Å². The highest BCUT2D eigenvalue weighted by Gasteiger charge is 2.19. The van der Waals surface area contributed by atoms with Crippen molar-refractivity contribution in [3.8, 4) is 0 Å². The molecule has 0 saturated heterocycles. The molecule has 2 aromatic heterocycles. The zero-order valence-corrected chi connectivity index (χ0v) is 13.6. The molecule has 110 valence electrons. The van der Waals surface area contributed by atoms with Gasteiger partial charge < -0.3 is 5.32 Å². The molecule has 0 radical (unpaired) electrons. The average Bonchev–Trinajstić information content (AvgIpc) is 3.05. The number of nitrogens with zero attached hydrogens (tertiary/aromatic N) is 3. The molecule has 0 amide bonds. The Hall–Kier alpha value is -1.20. The molecule has 2 aromatic rings. The summed E-state index contributed by atoms with van der Waals surface area (Å²) >= 11 is 1.73. The molecule has 5 heteroatoms. The molecule has 0 fully saturated rings. The van der Waals surface area contributed by atoms with Gasteiger partial charge in [-0.15, -0.1) is 11.3 Å². The number of nitrogens with one attached hydrogen (secondary N) is 1. The summed E-state index contributed by atoms with van der Waals surface area (Å²) in [5, 5.41) is 11.2. The highest BCUT2D eigenvalue weighted by molar-refractivity contribution is 7.09. The van der Waals surface area contributed by atoms with Gasteiger partial charge in [0.15, 0.2) is 0 Å². The van der Waals surface area contributed by atoms with Gasteiger partial charge in [0.25, 0.3) is 0 Å². The van der Waals surface area contributed by atoms with Crippen LogP contribution in [-0.4, -0.2) is 21.3 Å². The quantitative estimate of drug-likeness (QED) is 0.848. The van der Waals surface area contributed by atoms with Crippen molar-refractivity contribution in [2.45, 2.75) is 52.6 Å². The molecule has 0 aliphatic heterocycles. The van der Waals surface area contributed by atoms with Crippen molar-refractivity contribution in [1.29, 1.82) is 0 Å². The molecular weight excluding hydrogens is 268 g/mol. The highest BCUT2D eigenvalue weighted by atomic mass is 32.1. The number of hydrogen-bond donors (Lipinski definition) is 1. The van der Waals surface area contributed by atoms with E-state index < -0.39 is 0 Å². The lowest BCUT2D eigenvalue weighted by Crippen LogP contribution is -2.21. The van der Waals surface area contributed by atoms with Crippen molar-refractivity contribution in [3.05, 3.63) is 34.0 Å². The third kappa shape index (κ3) is 3.46. The van der Waals surface area contributed by atoms with E-state index in [1.54, 1.807) is 11.3 Å². The minimum absolute atomic E-state index is 0.156. The van der Waals surface area contributed by atoms with Gasteiger partial charge in [-0.05, 0) is 18.9 Å². The van der Waals surface area contributed by atoms with Gasteiger partial charge in [-0.3, -0.25) is 4.68 Å². The van der Waals surface area contributed by atoms with Crippen molar-refractivity contribution >= 4 is 11.3 Å². The summed E-state index contributed by atoms with van der Waals surface area (Å²) in [7, 11) is 0. The van der Waals surface area contributed by atoms with Crippen molar-refractivity contribution in [1.82, 2.24) is 20.1 Å². The lowest BCUT2D eigenvalue weighted by atomic mass is 10.1. The Kier molecular flexibility index (Phi) is 5.31. The first-order valence-corrected chi connectivity index (χ1v) is 8.24. The van der Waals surface area contributed by atoms with Gasteiger partial charge in [0, 0.05) is 23.7 Å². The van der Waals surface area contributed by atoms with Crippen LogP contribution in [0.5, 0.6) is 0 Å². The van der Waals surface area contributed by atoms with Crippen LogP contribution in [0.15, 0.2) is 17.8 Å². The van der Waals surface area contributed by atoms with Gasteiger partial charge in [-0.1, -0.05) is 27.7 Å². The summed E-state index contributed by atoms with van der Waals surface area (Å²) < 4.78 is 2.01. The van der Waals surface area contributed by atoms with Crippen LogP contribution in [0.1, 0.15) is 62.3 Å². The lowest BCUT2D eigenvalue weighted by molar-refractivity contribution is 0.596. The maximum absolute atomic E-state index is 4.78. The monoisotopic (exact) mass is 292 g/mol. The molecule has 0 spiro atoms. The van der Waals surface area contributed by atoms with Crippen molar-refractivity contribution in [2.24, 2.45) is 0 Å². The average molecular weight is 292 g/mol. The van der Waals surface area contributed by atoms with E-state index in [9.17, 15) is 0 Å². The molecule has 0 saturated carbocycles. The zero-order valence-electron chi connectivity index (χ0n) is 12.8. The summed E-state index contributed by atoms with van der Waals surface area (Å²) in [5.41, 5.74) is 2.37. The van der Waals surface area contributed by atoms with Crippen LogP contribution in [-0.2, 0) is 6.54 Å². The Bertz CT molecular complexity index is 529. The molecule has 4 nitrogen and oxygen atoms in total. The first-order valence-electron chi connectivity index (χ1n) is 7.36. The van der Waals surface area contributed by atoms with E-state index in [0.29, 0.717) is 5.92 Å². The summed E-state index contributed by atoms with van der Waals surface area (Å²) in [4.78, 5) is 4.78. The highest BCUT2D eigenvalue weighted by Crippen LogP contribution is 2.27. The molecule has 1 unspecified atom stereocenters. The van der Waals surface area contributed by atoms with Gasteiger partial charge in [0.05, 0.1) is 17.9 Å². The molecule has 1 N–H and O–H groups in total. The molecule has 20 heavy (non-hydrogen) atoms. The lowest BCUT2D eigenvalue weighted by Gasteiger charge is -2.13. The fourth-order valence-electron chi connectivity index (χ4n) is 2.13. The predicted molar refractivity (Wildman–Crippen MR) is 84.2 cm³/mol. The Morgan fingerprint density at radius 2 is 2.15 bits per heavy atom. The number of aryl methyl sites for hydroxylation is 1. The minimum atomic E-state index is 0.156. The topological polar surface area (TPSA) is 42.7 Å². The predicted octanol–water partition coefficient (Wildman–Crippen LogP) is 3.57. The maximum Gasteiger partial charge on any atom is 0.115 e. The van der Waals surface area contributed by atoms with Gasteiger partial charge in [0.2, 0.25) is 0 Å². The van der Waals surface area contributed by atoms with Crippen LogP contribution in [0, 0.1) is 0 Å². The van der Waals surface area contributed by atoms with Gasteiger partial charge in [0.1, 0.15) is 5.01 Å². The molecule has 0 bridgehead atoms. The van der Waals surface area contributed by atoms with E-state index in [1.165, 1.54) is 11.3 Å². The second kappa shape index (κ2) is 6.99. The summed E-state index contributed by atoms with van der Waals surface area (Å²) in [6.07, 6.45) is 5.19. The van der Waals surface area contributed by atoms with Crippen LogP contribution in [0.3, 0.4) is 0 Å². The summed E-state index contributed by atoms with van der Waals surface area (Å²) in [6, 6.07) is 0.156. The molecular formula is C15H24N4S. The number of hydrogen-bond acceptors (Lipinski definition) is 4. The number of aromatic nitrogens is 3. The van der Waals surface area contributed by atoms with E-state index in [-0.39, 0.29) is 6.04 Å². The summed E-state index contributed by atoms with van der Waals surface area (Å²) in [6.45, 7) is 10.5. The van der Waals surface area contributed by atoms with Crippen LogP contribution in [0.25, 0.3) is 0 Å². The van der Waals surface area contributed by atoms with E-state index in [1.807, 2.05) is 10.9 Å². The Balaban J connectivity index is 2.24. The first kappa shape index (κ1) is 15.2. The number of thiazole rings is 1. The largest absolute Gasteiger partial charge is 0.304 e. The van der Waals surface area contributed by atoms with Crippen molar-refractivity contribution in [3.63, 3.8) is 0 Å². The minimum Gasteiger partial charge on any atom is -0.304 e. The van der Waals surface area contributed by atoms with E-state index in [0.717, 1.165) is 24.5 Å². The SMILES string of the molecule is CCCn1cc(C(NCC)c2nc(C(C)C)cs2)cn1. The molecule has 0 aliphatic carbocycles. The van der Waals surface area contributed by atoms with Crippen LogP contribution in [0.4, 0.5) is 0 Å². The molecule has 0 aliphatic rings. The van der Waals surface area contributed by atoms with Crippen LogP contribution in [0.2, 0.25) is 0 Å². The standard InChI is InChI=1S/C15H24N4S/c1-5-7-19-9-12(8-17-19)14(16-6-2)15-18-13(10-20-15)11(3)4/h8-11,14,16H,5-7H2,1-4H3. The normalized spacial score (nSPS) is 13.1. The Morgan fingerprint density at radius 3 is 2.75 bits per heavy atom. The fraction of sp³-hybridized carbons (Fsp3) is 0.600. The van der Waals surface area contributed by atoms with Crippen molar-refractivity contribution < 1.29 is 0 Å². The number of rotatable bonds is 7. The smallest absolute Gasteiger partial charge is 0.115 e. The zero-order chi connectivity index (χ0) is 14.5. The van der Waals surface area contributed by atoms with Crippen LogP contribution < -0.4 is 5.32 Å². The van der Waals surface area contributed by atoms with Gasteiger partial charge in [-0.2, -0.15) is 5.10 Å². The van der Waals surface area contributed by atoms with E-state index >= 15 is 0 Å². The third-order valence-electron chi connectivity index (χ3n) is 3.23. The molecule has 0 aromatic carbocycles. The van der Waals surface area contributed by atoms with E-state index in [4.69, 9.17) is 4.98 Å². The second-order valence-corrected chi connectivity index (χ2v) is 6.18. The van der Waals surface area contributed by atoms with Gasteiger partial charge in [-0.25, -0.2) is 4.98 Å². The molecule has 2 heterocycles. The molecule has 1 atom stereocenters. The van der Waals surface area contributed by atoms with E-state index in [2.05, 4.69) is 49.7 Å².